The Bertz CT molecular complexity index is 713. The number of carbonyl (C=O) groups is 1. The lowest BCUT2D eigenvalue weighted by molar-refractivity contribution is -0.127. The van der Waals surface area contributed by atoms with Gasteiger partial charge in [-0.15, -0.1) is 0 Å². The summed E-state index contributed by atoms with van der Waals surface area (Å²) in [5, 5.41) is 3.55. The quantitative estimate of drug-likeness (QED) is 0.788. The number of aryl methyl sites for hydroxylation is 1. The molecule has 1 N–H and O–H groups in total. The monoisotopic (exact) mass is 361 g/mol. The Morgan fingerprint density at radius 1 is 1.04 bits per heavy atom. The Kier molecular flexibility index (Phi) is 6.71. The first-order valence-corrected chi connectivity index (χ1v) is 8.69. The van der Waals surface area contributed by atoms with Crippen LogP contribution in [0.4, 0.5) is 0 Å². The fourth-order valence-corrected chi connectivity index (χ4v) is 2.36. The molecule has 0 heterocycles. The number of nitrogens with one attached hydrogen (secondary N) is 1. The number of rotatable bonds is 7. The summed E-state index contributed by atoms with van der Waals surface area (Å²) in [6.45, 7) is 8.02. The third-order valence-corrected chi connectivity index (χ3v) is 4.00. The van der Waals surface area contributed by atoms with Crippen LogP contribution in [0.25, 0.3) is 0 Å². The third kappa shape index (κ3) is 5.98. The van der Waals surface area contributed by atoms with Crippen LogP contribution in [-0.2, 0) is 11.3 Å². The highest BCUT2D eigenvalue weighted by Crippen LogP contribution is 2.22. The lowest BCUT2D eigenvalue weighted by Gasteiger charge is -2.15. The minimum atomic E-state index is -0.593. The summed E-state index contributed by atoms with van der Waals surface area (Å²) in [6, 6.07) is 13.0. The first-order valence-electron chi connectivity index (χ1n) is 8.31. The van der Waals surface area contributed by atoms with Gasteiger partial charge in [0.05, 0.1) is 6.10 Å². The van der Waals surface area contributed by atoms with Crippen LogP contribution in [-0.4, -0.2) is 18.1 Å². The van der Waals surface area contributed by atoms with Gasteiger partial charge in [-0.3, -0.25) is 4.79 Å². The summed E-state index contributed by atoms with van der Waals surface area (Å²) in [5.41, 5.74) is 1.91. The largest absolute Gasteiger partial charge is 0.491 e. The van der Waals surface area contributed by atoms with E-state index in [2.05, 4.69) is 5.32 Å². The number of amides is 1. The zero-order valence-electron chi connectivity index (χ0n) is 15.0. The second-order valence-electron chi connectivity index (χ2n) is 6.20. The highest BCUT2D eigenvalue weighted by molar-refractivity contribution is 6.31. The standard InChI is InChI=1S/C20H24ClNO3/c1-13(2)24-17-7-5-16(6-8-17)12-22-20(23)15(4)25-18-9-10-19(21)14(3)11-18/h5-11,13,15H,12H2,1-4H3,(H,22,23)/t15-/m0/s1. The van der Waals surface area contributed by atoms with Crippen molar-refractivity contribution in [2.75, 3.05) is 0 Å². The van der Waals surface area contributed by atoms with Crippen LogP contribution in [0.3, 0.4) is 0 Å². The molecule has 2 rings (SSSR count). The highest BCUT2D eigenvalue weighted by Gasteiger charge is 2.14. The second kappa shape index (κ2) is 8.77. The van der Waals surface area contributed by atoms with Gasteiger partial charge in [0.25, 0.3) is 5.91 Å². The van der Waals surface area contributed by atoms with Crippen molar-refractivity contribution in [1.29, 1.82) is 0 Å². The predicted molar refractivity (Wildman–Crippen MR) is 100 cm³/mol. The maximum atomic E-state index is 12.2. The van der Waals surface area contributed by atoms with Gasteiger partial charge >= 0.3 is 0 Å². The molecule has 0 bridgehead atoms. The average molecular weight is 362 g/mol. The van der Waals surface area contributed by atoms with Gasteiger partial charge in [-0.25, -0.2) is 0 Å². The Hall–Kier alpha value is -2.20. The molecule has 0 spiro atoms. The molecular formula is C20H24ClNO3. The summed E-state index contributed by atoms with van der Waals surface area (Å²) < 4.78 is 11.3. The zero-order chi connectivity index (χ0) is 18.4. The number of hydrogen-bond acceptors (Lipinski definition) is 3. The number of carbonyl (C=O) groups excluding carboxylic acids is 1. The van der Waals surface area contributed by atoms with Crippen LogP contribution >= 0.6 is 11.6 Å². The maximum Gasteiger partial charge on any atom is 0.261 e. The summed E-state index contributed by atoms with van der Waals surface area (Å²) in [5.74, 6) is 1.27. The smallest absolute Gasteiger partial charge is 0.261 e. The van der Waals surface area contributed by atoms with Gasteiger partial charge in [0.2, 0.25) is 0 Å². The average Bonchev–Trinajstić information content (AvgIpc) is 2.56. The van der Waals surface area contributed by atoms with Crippen LogP contribution in [0.15, 0.2) is 42.5 Å². The van der Waals surface area contributed by atoms with Gasteiger partial charge < -0.3 is 14.8 Å². The molecule has 0 radical (unpaired) electrons. The number of halogens is 1. The molecule has 0 aromatic heterocycles. The first kappa shape index (κ1) is 19.1. The van der Waals surface area contributed by atoms with Crippen molar-refractivity contribution in [1.82, 2.24) is 5.32 Å². The Morgan fingerprint density at radius 3 is 2.28 bits per heavy atom. The molecule has 5 heteroatoms. The molecule has 0 unspecified atom stereocenters. The predicted octanol–water partition coefficient (Wildman–Crippen LogP) is 4.52. The van der Waals surface area contributed by atoms with Gasteiger partial charge in [-0.1, -0.05) is 23.7 Å². The van der Waals surface area contributed by atoms with Crippen molar-refractivity contribution in [3.63, 3.8) is 0 Å². The van der Waals surface area contributed by atoms with Crippen LogP contribution in [0.5, 0.6) is 11.5 Å². The molecule has 0 aliphatic heterocycles. The van der Waals surface area contributed by atoms with E-state index in [4.69, 9.17) is 21.1 Å². The van der Waals surface area contributed by atoms with Gasteiger partial charge in [-0.2, -0.15) is 0 Å². The van der Waals surface area contributed by atoms with Crippen molar-refractivity contribution in [2.45, 2.75) is 46.4 Å². The molecule has 0 aliphatic carbocycles. The van der Waals surface area contributed by atoms with Gasteiger partial charge in [0.15, 0.2) is 6.10 Å². The van der Waals surface area contributed by atoms with Crippen molar-refractivity contribution >= 4 is 17.5 Å². The van der Waals surface area contributed by atoms with Crippen molar-refractivity contribution in [3.8, 4) is 11.5 Å². The van der Waals surface area contributed by atoms with E-state index in [-0.39, 0.29) is 12.0 Å². The van der Waals surface area contributed by atoms with Crippen LogP contribution in [0, 0.1) is 6.92 Å². The molecule has 0 fully saturated rings. The van der Waals surface area contributed by atoms with E-state index < -0.39 is 6.10 Å². The van der Waals surface area contributed by atoms with Gasteiger partial charge in [0, 0.05) is 11.6 Å². The number of benzene rings is 2. The van der Waals surface area contributed by atoms with E-state index in [0.29, 0.717) is 17.3 Å². The number of hydrogen-bond donors (Lipinski definition) is 1. The Balaban J connectivity index is 1.85. The van der Waals surface area contributed by atoms with Crippen molar-refractivity contribution < 1.29 is 14.3 Å². The molecular weight excluding hydrogens is 338 g/mol. The Morgan fingerprint density at radius 2 is 1.68 bits per heavy atom. The van der Waals surface area contributed by atoms with Gasteiger partial charge in [-0.05, 0) is 69.2 Å². The molecule has 134 valence electrons. The molecule has 4 nitrogen and oxygen atoms in total. The van der Waals surface area contributed by atoms with E-state index in [1.807, 2.05) is 51.1 Å². The van der Waals surface area contributed by atoms with E-state index in [1.54, 1.807) is 19.1 Å². The second-order valence-corrected chi connectivity index (χ2v) is 6.61. The summed E-state index contributed by atoms with van der Waals surface area (Å²) in [7, 11) is 0. The fourth-order valence-electron chi connectivity index (χ4n) is 2.24. The van der Waals surface area contributed by atoms with Crippen molar-refractivity contribution in [2.24, 2.45) is 0 Å². The van der Waals surface area contributed by atoms with Crippen LogP contribution in [0.2, 0.25) is 5.02 Å². The maximum absolute atomic E-state index is 12.2. The summed E-state index contributed by atoms with van der Waals surface area (Å²) in [6.07, 6.45) is -0.454. The third-order valence-electron chi connectivity index (χ3n) is 3.57. The Labute approximate surface area is 154 Å². The van der Waals surface area contributed by atoms with E-state index >= 15 is 0 Å². The van der Waals surface area contributed by atoms with E-state index in [9.17, 15) is 4.79 Å². The zero-order valence-corrected chi connectivity index (χ0v) is 15.8. The topological polar surface area (TPSA) is 47.6 Å². The summed E-state index contributed by atoms with van der Waals surface area (Å²) in [4.78, 5) is 12.2. The van der Waals surface area contributed by atoms with Gasteiger partial charge in [0.1, 0.15) is 11.5 Å². The minimum Gasteiger partial charge on any atom is -0.491 e. The summed E-state index contributed by atoms with van der Waals surface area (Å²) >= 11 is 5.99. The molecule has 1 amide bonds. The highest BCUT2D eigenvalue weighted by atomic mass is 35.5. The molecule has 25 heavy (non-hydrogen) atoms. The van der Waals surface area contributed by atoms with E-state index in [1.165, 1.54) is 0 Å². The SMILES string of the molecule is Cc1cc(O[C@@H](C)C(=O)NCc2ccc(OC(C)C)cc2)ccc1Cl. The molecule has 0 saturated heterocycles. The van der Waals surface area contributed by atoms with Crippen LogP contribution in [0.1, 0.15) is 31.9 Å². The lowest BCUT2D eigenvalue weighted by Crippen LogP contribution is -2.35. The van der Waals surface area contributed by atoms with Crippen LogP contribution < -0.4 is 14.8 Å². The molecule has 0 aliphatic rings. The first-order chi connectivity index (χ1) is 11.8. The minimum absolute atomic E-state index is 0.139. The van der Waals surface area contributed by atoms with E-state index in [0.717, 1.165) is 16.9 Å². The molecule has 2 aromatic rings. The fraction of sp³-hybridized carbons (Fsp3) is 0.350. The number of ether oxygens (including phenoxy) is 2. The normalized spacial score (nSPS) is 11.9. The molecule has 2 aromatic carbocycles. The van der Waals surface area contributed by atoms with Crippen molar-refractivity contribution in [3.05, 3.63) is 58.6 Å². The molecule has 0 saturated carbocycles. The lowest BCUT2D eigenvalue weighted by atomic mass is 10.2. The molecule has 1 atom stereocenters.